The fraction of sp³-hybridized carbons (Fsp3) is 0.133. The molecule has 3 rings (SSSR count). The Bertz CT molecular complexity index is 891. The zero-order valence-electron chi connectivity index (χ0n) is 11.7. The first kappa shape index (κ1) is 15.1. The average Bonchev–Trinajstić information content (AvgIpc) is 2.43. The summed E-state index contributed by atoms with van der Waals surface area (Å²) >= 11 is 4.81. The summed E-state index contributed by atoms with van der Waals surface area (Å²) in [6.07, 6.45) is 0. The Morgan fingerprint density at radius 1 is 1.27 bits per heavy atom. The van der Waals surface area contributed by atoms with E-state index in [4.69, 9.17) is 10.2 Å². The molecule has 0 aliphatic heterocycles. The monoisotopic (exact) mass is 377 g/mol. The number of hydrogen-bond acceptors (Lipinski definition) is 6. The highest BCUT2D eigenvalue weighted by molar-refractivity contribution is 9.10. The van der Waals surface area contributed by atoms with Gasteiger partial charge in [0.05, 0.1) is 0 Å². The van der Waals surface area contributed by atoms with Gasteiger partial charge >= 0.3 is 5.63 Å². The lowest BCUT2D eigenvalue weighted by Gasteiger charge is -2.06. The molecular formula is C15H12BrN3O2S. The molecule has 0 unspecified atom stereocenters. The van der Waals surface area contributed by atoms with Crippen LogP contribution >= 0.6 is 27.7 Å². The standard InChI is InChI=1S/C15H12BrN3O2S/c1-8-4-13(17)19-15(18-8)22-7-9-5-14(20)21-12-6-10(16)2-3-11(9)12/h2-6H,7H2,1H3,(H2,17,18,19). The van der Waals surface area contributed by atoms with Gasteiger partial charge in [0.1, 0.15) is 11.4 Å². The van der Waals surface area contributed by atoms with Crippen molar-refractivity contribution in [1.82, 2.24) is 9.97 Å². The maximum Gasteiger partial charge on any atom is 0.336 e. The summed E-state index contributed by atoms with van der Waals surface area (Å²) in [6, 6.07) is 8.84. The second-order valence-corrected chi connectivity index (χ2v) is 6.59. The van der Waals surface area contributed by atoms with Crippen LogP contribution in [0.1, 0.15) is 11.3 Å². The van der Waals surface area contributed by atoms with Gasteiger partial charge < -0.3 is 10.2 Å². The molecule has 0 saturated heterocycles. The van der Waals surface area contributed by atoms with Gasteiger partial charge in [-0.15, -0.1) is 0 Å². The van der Waals surface area contributed by atoms with Crippen molar-refractivity contribution in [3.05, 3.63) is 56.5 Å². The van der Waals surface area contributed by atoms with Crippen LogP contribution < -0.4 is 11.4 Å². The molecular weight excluding hydrogens is 366 g/mol. The Hall–Kier alpha value is -1.86. The molecule has 0 radical (unpaired) electrons. The van der Waals surface area contributed by atoms with Gasteiger partial charge in [0.15, 0.2) is 5.16 Å². The van der Waals surface area contributed by atoms with E-state index in [-0.39, 0.29) is 5.63 Å². The molecule has 2 heterocycles. The van der Waals surface area contributed by atoms with Crippen molar-refractivity contribution in [3.63, 3.8) is 0 Å². The first-order valence-electron chi connectivity index (χ1n) is 6.47. The van der Waals surface area contributed by atoms with Crippen LogP contribution in [0, 0.1) is 6.92 Å². The molecule has 0 amide bonds. The summed E-state index contributed by atoms with van der Waals surface area (Å²) < 4.78 is 6.09. The molecule has 0 fully saturated rings. The largest absolute Gasteiger partial charge is 0.423 e. The number of fused-ring (bicyclic) bond motifs is 1. The van der Waals surface area contributed by atoms with E-state index in [1.165, 1.54) is 17.8 Å². The first-order chi connectivity index (χ1) is 10.5. The molecule has 0 saturated carbocycles. The predicted octanol–water partition coefficient (Wildman–Crippen LogP) is 3.53. The topological polar surface area (TPSA) is 82.0 Å². The van der Waals surface area contributed by atoms with E-state index in [1.807, 2.05) is 19.1 Å². The minimum Gasteiger partial charge on any atom is -0.423 e. The third-order valence-electron chi connectivity index (χ3n) is 3.00. The Morgan fingerprint density at radius 2 is 2.09 bits per heavy atom. The zero-order valence-corrected chi connectivity index (χ0v) is 14.1. The molecule has 7 heteroatoms. The van der Waals surface area contributed by atoms with Crippen molar-refractivity contribution in [2.24, 2.45) is 0 Å². The van der Waals surface area contributed by atoms with E-state index in [9.17, 15) is 4.79 Å². The van der Waals surface area contributed by atoms with Gasteiger partial charge in [-0.3, -0.25) is 0 Å². The van der Waals surface area contributed by atoms with E-state index in [0.29, 0.717) is 22.3 Å². The van der Waals surface area contributed by atoms with Crippen LogP contribution in [-0.4, -0.2) is 9.97 Å². The predicted molar refractivity (Wildman–Crippen MR) is 90.9 cm³/mol. The van der Waals surface area contributed by atoms with Crippen molar-refractivity contribution >= 4 is 44.5 Å². The quantitative estimate of drug-likeness (QED) is 0.427. The molecule has 0 spiro atoms. The number of hydrogen-bond donors (Lipinski definition) is 1. The van der Waals surface area contributed by atoms with Crippen LogP contribution in [0.15, 0.2) is 49.2 Å². The molecule has 1 aromatic carbocycles. The molecule has 2 aromatic heterocycles. The average molecular weight is 378 g/mol. The first-order valence-corrected chi connectivity index (χ1v) is 8.25. The van der Waals surface area contributed by atoms with Crippen LogP contribution in [0.2, 0.25) is 0 Å². The van der Waals surface area contributed by atoms with E-state index in [1.54, 1.807) is 12.1 Å². The van der Waals surface area contributed by atoms with Crippen LogP contribution in [0.25, 0.3) is 11.0 Å². The summed E-state index contributed by atoms with van der Waals surface area (Å²) in [7, 11) is 0. The number of anilines is 1. The zero-order chi connectivity index (χ0) is 15.7. The number of thioether (sulfide) groups is 1. The van der Waals surface area contributed by atoms with Crippen LogP contribution in [-0.2, 0) is 5.75 Å². The van der Waals surface area contributed by atoms with Gasteiger partial charge in [0, 0.05) is 33.4 Å². The van der Waals surface area contributed by atoms with Gasteiger partial charge in [0.25, 0.3) is 0 Å². The smallest absolute Gasteiger partial charge is 0.336 e. The van der Waals surface area contributed by atoms with Crippen molar-refractivity contribution in [3.8, 4) is 0 Å². The van der Waals surface area contributed by atoms with Gasteiger partial charge in [-0.2, -0.15) is 0 Å². The Kier molecular flexibility index (Phi) is 4.17. The number of halogens is 1. The second-order valence-electron chi connectivity index (χ2n) is 4.74. The highest BCUT2D eigenvalue weighted by Crippen LogP contribution is 2.26. The molecule has 0 atom stereocenters. The van der Waals surface area contributed by atoms with Gasteiger partial charge in [-0.1, -0.05) is 27.7 Å². The van der Waals surface area contributed by atoms with Crippen molar-refractivity contribution in [1.29, 1.82) is 0 Å². The van der Waals surface area contributed by atoms with Gasteiger partial charge in [-0.25, -0.2) is 14.8 Å². The van der Waals surface area contributed by atoms with Crippen molar-refractivity contribution in [2.75, 3.05) is 5.73 Å². The Balaban J connectivity index is 1.95. The van der Waals surface area contributed by atoms with Gasteiger partial charge in [0.2, 0.25) is 0 Å². The van der Waals surface area contributed by atoms with Gasteiger partial charge in [-0.05, 0) is 30.7 Å². The summed E-state index contributed by atoms with van der Waals surface area (Å²) in [5.41, 5.74) is 7.61. The second kappa shape index (κ2) is 6.10. The number of rotatable bonds is 3. The molecule has 5 nitrogen and oxygen atoms in total. The number of nitrogens with zero attached hydrogens (tertiary/aromatic N) is 2. The van der Waals surface area contributed by atoms with Crippen LogP contribution in [0.4, 0.5) is 5.82 Å². The fourth-order valence-electron chi connectivity index (χ4n) is 2.09. The highest BCUT2D eigenvalue weighted by Gasteiger charge is 2.08. The molecule has 2 N–H and O–H groups in total. The molecule has 3 aromatic rings. The lowest BCUT2D eigenvalue weighted by molar-refractivity contribution is 0.559. The maximum absolute atomic E-state index is 11.7. The fourth-order valence-corrected chi connectivity index (χ4v) is 3.34. The minimum atomic E-state index is -0.370. The number of aromatic nitrogens is 2. The van der Waals surface area contributed by atoms with Crippen molar-refractivity contribution < 1.29 is 4.42 Å². The van der Waals surface area contributed by atoms with E-state index < -0.39 is 0 Å². The SMILES string of the molecule is Cc1cc(N)nc(SCc2cc(=O)oc3cc(Br)ccc23)n1. The number of nitrogen functional groups attached to an aromatic ring is 1. The molecule has 0 aliphatic carbocycles. The van der Waals surface area contributed by atoms with E-state index in [2.05, 4.69) is 25.9 Å². The summed E-state index contributed by atoms with van der Waals surface area (Å²) in [5, 5.41) is 1.49. The third kappa shape index (κ3) is 3.31. The molecule has 0 aliphatic rings. The summed E-state index contributed by atoms with van der Waals surface area (Å²) in [4.78, 5) is 20.2. The van der Waals surface area contributed by atoms with Crippen molar-refractivity contribution in [2.45, 2.75) is 17.8 Å². The lowest BCUT2D eigenvalue weighted by atomic mass is 10.1. The minimum absolute atomic E-state index is 0.370. The Labute approximate surface area is 139 Å². The molecule has 112 valence electrons. The number of nitrogens with two attached hydrogens (primary N) is 1. The number of benzene rings is 1. The van der Waals surface area contributed by atoms with E-state index in [0.717, 1.165) is 21.1 Å². The normalized spacial score (nSPS) is 11.0. The Morgan fingerprint density at radius 3 is 2.86 bits per heavy atom. The van der Waals surface area contributed by atoms with Crippen LogP contribution in [0.5, 0.6) is 0 Å². The molecule has 0 bridgehead atoms. The number of aryl methyl sites for hydroxylation is 1. The van der Waals surface area contributed by atoms with Crippen LogP contribution in [0.3, 0.4) is 0 Å². The van der Waals surface area contributed by atoms with E-state index >= 15 is 0 Å². The third-order valence-corrected chi connectivity index (χ3v) is 4.39. The lowest BCUT2D eigenvalue weighted by Crippen LogP contribution is -2.01. The summed E-state index contributed by atoms with van der Waals surface area (Å²) in [6.45, 7) is 1.87. The summed E-state index contributed by atoms with van der Waals surface area (Å²) in [5.74, 6) is 1.00. The maximum atomic E-state index is 11.7. The molecule has 22 heavy (non-hydrogen) atoms. The highest BCUT2D eigenvalue weighted by atomic mass is 79.9.